The molecule has 2 unspecified atom stereocenters. The fourth-order valence-corrected chi connectivity index (χ4v) is 1.52. The van der Waals surface area contributed by atoms with Gasteiger partial charge in [-0.05, 0) is 18.3 Å². The van der Waals surface area contributed by atoms with Crippen molar-refractivity contribution in [1.82, 2.24) is 5.32 Å². The minimum absolute atomic E-state index is 0.529. The van der Waals surface area contributed by atoms with Gasteiger partial charge in [-0.25, -0.2) is 0 Å². The Morgan fingerprint density at radius 3 is 2.50 bits per heavy atom. The number of methoxy groups -OCH3 is 1. The van der Waals surface area contributed by atoms with Crippen molar-refractivity contribution in [3.63, 3.8) is 0 Å². The molecule has 0 aromatic heterocycles. The summed E-state index contributed by atoms with van der Waals surface area (Å²) in [4.78, 5) is 0. The highest BCUT2D eigenvalue weighted by molar-refractivity contribution is 5.02. The predicted octanol–water partition coefficient (Wildman–Crippen LogP) is 1.80. The van der Waals surface area contributed by atoms with Crippen LogP contribution in [0.15, 0.2) is 0 Å². The molecule has 1 N–H and O–H groups in total. The van der Waals surface area contributed by atoms with Crippen LogP contribution in [0.1, 0.15) is 33.6 Å². The van der Waals surface area contributed by atoms with Gasteiger partial charge in [0.15, 0.2) is 0 Å². The van der Waals surface area contributed by atoms with E-state index < -0.39 is 0 Å². The molecule has 1 aliphatic carbocycles. The van der Waals surface area contributed by atoms with Gasteiger partial charge in [-0.2, -0.15) is 0 Å². The van der Waals surface area contributed by atoms with E-state index in [2.05, 4.69) is 26.1 Å². The molecule has 1 fully saturated rings. The third-order valence-electron chi connectivity index (χ3n) is 2.81. The first-order valence-electron chi connectivity index (χ1n) is 4.85. The molecule has 0 radical (unpaired) electrons. The van der Waals surface area contributed by atoms with Crippen LogP contribution in [0.25, 0.3) is 0 Å². The number of hydrogen-bond acceptors (Lipinski definition) is 2. The molecule has 0 saturated heterocycles. The van der Waals surface area contributed by atoms with E-state index in [0.717, 1.165) is 19.1 Å². The number of ether oxygens (including phenoxy) is 1. The monoisotopic (exact) mass is 171 g/mol. The van der Waals surface area contributed by atoms with Gasteiger partial charge >= 0.3 is 0 Å². The Labute approximate surface area is 75.7 Å². The number of nitrogens with one attached hydrogen (secondary N) is 1. The van der Waals surface area contributed by atoms with E-state index >= 15 is 0 Å². The molecule has 0 bridgehead atoms. The standard InChI is InChI=1S/C10H21NO/c1-5-8(7-12-4)11-9-6-10(9,2)3/h8-9,11H,5-7H2,1-4H3. The van der Waals surface area contributed by atoms with Crippen molar-refractivity contribution >= 4 is 0 Å². The van der Waals surface area contributed by atoms with E-state index in [1.54, 1.807) is 7.11 Å². The second-order valence-corrected chi connectivity index (χ2v) is 4.47. The van der Waals surface area contributed by atoms with Crippen molar-refractivity contribution in [3.8, 4) is 0 Å². The zero-order chi connectivity index (χ0) is 9.19. The highest BCUT2D eigenvalue weighted by Gasteiger charge is 2.45. The number of hydrogen-bond donors (Lipinski definition) is 1. The van der Waals surface area contributed by atoms with Crippen LogP contribution in [0.4, 0.5) is 0 Å². The molecule has 2 heteroatoms. The molecule has 1 rings (SSSR count). The predicted molar refractivity (Wildman–Crippen MR) is 51.3 cm³/mol. The van der Waals surface area contributed by atoms with Crippen LogP contribution in [-0.4, -0.2) is 25.8 Å². The minimum atomic E-state index is 0.529. The molecule has 1 saturated carbocycles. The van der Waals surface area contributed by atoms with Gasteiger partial charge in [-0.15, -0.1) is 0 Å². The minimum Gasteiger partial charge on any atom is -0.383 e. The third-order valence-corrected chi connectivity index (χ3v) is 2.81. The first-order valence-corrected chi connectivity index (χ1v) is 4.85. The van der Waals surface area contributed by atoms with Gasteiger partial charge in [-0.3, -0.25) is 0 Å². The molecule has 12 heavy (non-hydrogen) atoms. The number of rotatable bonds is 5. The highest BCUT2D eigenvalue weighted by Crippen LogP contribution is 2.44. The molecular weight excluding hydrogens is 150 g/mol. The maximum absolute atomic E-state index is 5.13. The summed E-state index contributed by atoms with van der Waals surface area (Å²) in [6.07, 6.45) is 2.47. The van der Waals surface area contributed by atoms with Crippen LogP contribution in [0.2, 0.25) is 0 Å². The average Bonchev–Trinajstić information content (AvgIpc) is 2.58. The molecule has 0 spiro atoms. The maximum atomic E-state index is 5.13. The van der Waals surface area contributed by atoms with E-state index in [9.17, 15) is 0 Å². The second kappa shape index (κ2) is 3.75. The smallest absolute Gasteiger partial charge is 0.0615 e. The third kappa shape index (κ3) is 2.46. The Bertz CT molecular complexity index is 145. The molecule has 0 heterocycles. The van der Waals surface area contributed by atoms with E-state index in [-0.39, 0.29) is 0 Å². The molecular formula is C10H21NO. The normalized spacial score (nSPS) is 28.5. The quantitative estimate of drug-likeness (QED) is 0.681. The van der Waals surface area contributed by atoms with E-state index in [0.29, 0.717) is 11.5 Å². The molecule has 2 atom stereocenters. The molecule has 2 nitrogen and oxygen atoms in total. The molecule has 0 aliphatic heterocycles. The topological polar surface area (TPSA) is 21.3 Å². The van der Waals surface area contributed by atoms with E-state index in [4.69, 9.17) is 4.74 Å². The molecule has 1 aliphatic rings. The second-order valence-electron chi connectivity index (χ2n) is 4.47. The summed E-state index contributed by atoms with van der Waals surface area (Å²) < 4.78 is 5.13. The zero-order valence-corrected chi connectivity index (χ0v) is 8.68. The van der Waals surface area contributed by atoms with Crippen LogP contribution >= 0.6 is 0 Å². The van der Waals surface area contributed by atoms with Gasteiger partial charge in [0.25, 0.3) is 0 Å². The Morgan fingerprint density at radius 1 is 1.58 bits per heavy atom. The molecule has 0 amide bonds. The van der Waals surface area contributed by atoms with Crippen molar-refractivity contribution in [2.45, 2.75) is 45.7 Å². The summed E-state index contributed by atoms with van der Waals surface area (Å²) in [5.74, 6) is 0. The fraction of sp³-hybridized carbons (Fsp3) is 1.00. The Kier molecular flexibility index (Phi) is 3.13. The maximum Gasteiger partial charge on any atom is 0.0615 e. The first-order chi connectivity index (χ1) is 5.60. The van der Waals surface area contributed by atoms with Crippen LogP contribution in [0.5, 0.6) is 0 Å². The summed E-state index contributed by atoms with van der Waals surface area (Å²) in [5.41, 5.74) is 0.529. The van der Waals surface area contributed by atoms with Crippen molar-refractivity contribution in [3.05, 3.63) is 0 Å². The summed E-state index contributed by atoms with van der Waals surface area (Å²) in [6, 6.07) is 1.26. The summed E-state index contributed by atoms with van der Waals surface area (Å²) in [7, 11) is 1.77. The van der Waals surface area contributed by atoms with Gasteiger partial charge in [0.05, 0.1) is 6.61 Å². The summed E-state index contributed by atoms with van der Waals surface area (Å²) >= 11 is 0. The molecule has 0 aromatic rings. The van der Waals surface area contributed by atoms with E-state index in [1.165, 1.54) is 6.42 Å². The van der Waals surface area contributed by atoms with Gasteiger partial charge in [0.2, 0.25) is 0 Å². The van der Waals surface area contributed by atoms with E-state index in [1.807, 2.05) is 0 Å². The summed E-state index contributed by atoms with van der Waals surface area (Å²) in [6.45, 7) is 7.66. The van der Waals surface area contributed by atoms with Gasteiger partial charge in [0, 0.05) is 19.2 Å². The molecule has 0 aromatic carbocycles. The Balaban J connectivity index is 2.20. The highest BCUT2D eigenvalue weighted by atomic mass is 16.5. The van der Waals surface area contributed by atoms with Gasteiger partial charge < -0.3 is 10.1 Å². The SMILES string of the molecule is CCC(COC)NC1CC1(C)C. The Morgan fingerprint density at radius 2 is 2.17 bits per heavy atom. The zero-order valence-electron chi connectivity index (χ0n) is 8.68. The van der Waals surface area contributed by atoms with Crippen LogP contribution in [-0.2, 0) is 4.74 Å². The lowest BCUT2D eigenvalue weighted by atomic mass is 10.1. The largest absolute Gasteiger partial charge is 0.383 e. The lowest BCUT2D eigenvalue weighted by molar-refractivity contribution is 0.162. The van der Waals surface area contributed by atoms with Crippen LogP contribution in [0.3, 0.4) is 0 Å². The lowest BCUT2D eigenvalue weighted by Gasteiger charge is -2.16. The summed E-state index contributed by atoms with van der Waals surface area (Å²) in [5, 5.41) is 3.61. The van der Waals surface area contributed by atoms with Crippen molar-refractivity contribution in [2.24, 2.45) is 5.41 Å². The molecule has 72 valence electrons. The van der Waals surface area contributed by atoms with Crippen LogP contribution < -0.4 is 5.32 Å². The van der Waals surface area contributed by atoms with Crippen molar-refractivity contribution in [2.75, 3.05) is 13.7 Å². The average molecular weight is 171 g/mol. The fourth-order valence-electron chi connectivity index (χ4n) is 1.52. The van der Waals surface area contributed by atoms with Crippen molar-refractivity contribution in [1.29, 1.82) is 0 Å². The van der Waals surface area contributed by atoms with Crippen LogP contribution in [0, 0.1) is 5.41 Å². The van der Waals surface area contributed by atoms with Crippen molar-refractivity contribution < 1.29 is 4.74 Å². The van der Waals surface area contributed by atoms with Gasteiger partial charge in [0.1, 0.15) is 0 Å². The Hall–Kier alpha value is -0.0800. The van der Waals surface area contributed by atoms with Gasteiger partial charge in [-0.1, -0.05) is 20.8 Å². The lowest BCUT2D eigenvalue weighted by Crippen LogP contribution is -2.35. The first kappa shape index (κ1) is 10.0.